The maximum Gasteiger partial charge on any atom is 0.327 e. The third-order valence-corrected chi connectivity index (χ3v) is 41.2. The van der Waals surface area contributed by atoms with Crippen molar-refractivity contribution in [2.45, 2.75) is 311 Å². The lowest BCUT2D eigenvalue weighted by Gasteiger charge is -2.69. The van der Waals surface area contributed by atoms with Gasteiger partial charge in [-0.1, -0.05) is 186 Å². The van der Waals surface area contributed by atoms with Crippen LogP contribution in [0.1, 0.15) is 322 Å². The first-order chi connectivity index (χ1) is 63.6. The lowest BCUT2D eigenvalue weighted by molar-refractivity contribution is -0.178. The van der Waals surface area contributed by atoms with Gasteiger partial charge in [-0.05, 0) is 298 Å². The van der Waals surface area contributed by atoms with E-state index < -0.39 is 90.1 Å². The van der Waals surface area contributed by atoms with Crippen molar-refractivity contribution in [2.75, 3.05) is 41.3 Å². The molecule has 752 valence electrons. The highest BCUT2D eigenvalue weighted by atomic mass is 16.4. The standard InChI is InChI=1S/C33H44N4O5.C33H42N4O4.C31H41NO4.C10H24N2.C2H5N3O2/c1-28(2)21-9-10-32(6)22(31(21,5)17-19(35-8)24(28)39)15-20(38)23-18-16-30(4,27(42)37-36-26(41)25(34)40)12-11-29(18,3)13-14-33(23,32)7;1-28(2)21-9-10-32(6)22(31(21,5)17-19(35-8)24(28)39)15-20(38)23-18-16-30(4,27-37-36-26(41-27)25(34)40)12-11-29(18,3)13-14-33(23,32)7;1-26(2)21-9-10-30(6)22(29(21,5)17-19(32-8)24(26)34)15-20(33)23-18-16-28(4,25(35)36)12-11-27(18,3)13-14-31(23,30)7;1-11(2)9-7-5-6-8-10-12(3)4;3-1(6)2(7)5-4/h15,17-18,21,23H,9-14,16H2,1-7H3,(H2,34,40)(H,36,41)(H,37,42);15,17-18,21,23H,9-14,16H2,1-7H3,(H2,34,40);15,17-18,21,23H,9-14,16H2,1-7H3,(H,35,36);5-10H2,1-4H3;4H2,(H2,3,6)(H,5,7)/t2*18-,21-,23-,29+,30-,31-,32+,33+;18-,21-,23-,27+,28-,29-,30+,31+;;/m000../s1. The summed E-state index contributed by atoms with van der Waals surface area (Å²) in [6.45, 7) is 70.4. The highest BCUT2D eigenvalue weighted by Gasteiger charge is 2.75. The van der Waals surface area contributed by atoms with Gasteiger partial charge in [0.15, 0.2) is 34.7 Å². The number of aliphatic carboxylic acids is 1. The second kappa shape index (κ2) is 36.3. The van der Waals surface area contributed by atoms with E-state index in [-0.39, 0.29) is 160 Å². The fraction of sp³-hybridized carbons (Fsp3) is 0.725. The Labute approximate surface area is 817 Å². The molecule has 138 heavy (non-hydrogen) atoms. The number of carboxylic acid groups (broad SMARTS) is 1. The van der Waals surface area contributed by atoms with E-state index >= 15 is 0 Å². The number of unbranched alkanes of at least 4 members (excludes halogenated alkanes) is 3. The van der Waals surface area contributed by atoms with Gasteiger partial charge in [0.1, 0.15) is 0 Å². The van der Waals surface area contributed by atoms with Gasteiger partial charge in [0.25, 0.3) is 0 Å². The van der Waals surface area contributed by atoms with E-state index in [0.29, 0.717) is 31.6 Å². The van der Waals surface area contributed by atoms with Gasteiger partial charge >= 0.3 is 41.4 Å². The van der Waals surface area contributed by atoms with Gasteiger partial charge < -0.3 is 50.9 Å². The topological polar surface area (TPSA) is 441 Å². The van der Waals surface area contributed by atoms with Crippen molar-refractivity contribution < 1.29 is 71.9 Å². The zero-order chi connectivity index (χ0) is 103. The van der Waals surface area contributed by atoms with Crippen molar-refractivity contribution in [2.24, 2.45) is 168 Å². The minimum absolute atomic E-state index is 0.00507. The van der Waals surface area contributed by atoms with Crippen LogP contribution in [0.3, 0.4) is 0 Å². The summed E-state index contributed by atoms with van der Waals surface area (Å²) in [5.74, 6) is -1.94. The lowest BCUT2D eigenvalue weighted by atomic mass is 9.34. The molecule has 1 aromatic rings. The van der Waals surface area contributed by atoms with Crippen molar-refractivity contribution in [1.82, 2.24) is 36.3 Å². The molecule has 0 unspecified atom stereocenters. The molecule has 15 aliphatic rings. The molecule has 0 spiro atoms. The minimum atomic E-state index is -1.18. The quantitative estimate of drug-likeness (QED) is 0.0255. The molecule has 0 aliphatic heterocycles. The Hall–Kier alpha value is -9.76. The van der Waals surface area contributed by atoms with Gasteiger partial charge in [0.2, 0.25) is 28.9 Å². The molecule has 1 heterocycles. The maximum atomic E-state index is 14.5. The van der Waals surface area contributed by atoms with Gasteiger partial charge in [0.05, 0.1) is 25.1 Å². The molecule has 29 nitrogen and oxygen atoms in total. The average Bonchev–Trinajstić information content (AvgIpc) is 0.731. The van der Waals surface area contributed by atoms with Gasteiger partial charge in [0, 0.05) is 61.1 Å². The molecule has 6 amide bonds. The number of carbonyl (C=O) groups is 13. The Morgan fingerprint density at radius 3 is 1.04 bits per heavy atom. The van der Waals surface area contributed by atoms with E-state index in [9.17, 15) is 67.4 Å². The normalized spacial score (nSPS) is 40.8. The van der Waals surface area contributed by atoms with Crippen LogP contribution in [0.15, 0.2) is 74.7 Å². The largest absolute Gasteiger partial charge is 0.481 e. The summed E-state index contributed by atoms with van der Waals surface area (Å²) in [7, 11) is 8.55. The van der Waals surface area contributed by atoms with Crippen LogP contribution in [0.4, 0.5) is 0 Å². The van der Waals surface area contributed by atoms with E-state index in [4.69, 9.17) is 35.6 Å². The van der Waals surface area contributed by atoms with E-state index in [2.05, 4.69) is 175 Å². The van der Waals surface area contributed by atoms with Gasteiger partial charge in [-0.3, -0.25) is 64.2 Å². The van der Waals surface area contributed by atoms with Crippen LogP contribution in [-0.2, 0) is 62.9 Å². The van der Waals surface area contributed by atoms with Crippen LogP contribution in [0.25, 0.3) is 14.5 Å². The molecule has 16 rings (SSSR count). The summed E-state index contributed by atoms with van der Waals surface area (Å²) in [5, 5.41) is 18.2. The number of carbonyl (C=O) groups excluding carboxylic acids is 12. The first kappa shape index (κ1) is 107. The predicted octanol–water partition coefficient (Wildman–Crippen LogP) is 16.0. The number of carboxylic acids is 1. The SMILES string of the molecule is CN(C)CCCCCCN(C)C.NNC(=O)C(N)=O.[C-]#[N+]C1=C[C@]2(C)C3=CC(=O)[C@@H]4[C@@H]5C[C@@](C)(C(=O)NNC(=O)C(N)=O)CC[C@]5(C)CC[C@@]4(C)[C@]3(C)CC[C@H]2C(C)(C)C1=O.[C-]#[N+]C1=C[C@]2(C)C3=CC(=O)[C@@H]4[C@@H]5C[C@@](C)(C(=O)O)CC[C@]5(C)CC[C@@]4(C)[C@]3(C)CC[C@H]2C(C)(C)C1=O.[C-]#[N+]C1=C[C@]2(C)C3=CC(=O)[C@@H]4[C@@H]5C[C@@](C)(c6nnc(C(N)=O)o6)CC[C@]5(C)CC[C@@]4(C)[C@]3(C)CC[C@H]2C(C)(C)C1=O. The number of rotatable bonds is 11. The Kier molecular flexibility index (Phi) is 28.2. The summed E-state index contributed by atoms with van der Waals surface area (Å²) >= 11 is 0. The highest BCUT2D eigenvalue weighted by Crippen LogP contribution is 2.79. The molecule has 0 radical (unpaired) electrons. The number of hydrogen-bond acceptors (Lipinski definition) is 19. The number of allylic oxidation sites excluding steroid dienone is 12. The molecule has 0 bridgehead atoms. The molecular formula is C109H156N14O15. The Balaban J connectivity index is 0.000000169. The number of aromatic nitrogens is 2. The summed E-state index contributed by atoms with van der Waals surface area (Å²) in [4.78, 5) is 178. The molecule has 0 saturated heterocycles. The van der Waals surface area contributed by atoms with Crippen LogP contribution in [0, 0.1) is 165 Å². The van der Waals surface area contributed by atoms with E-state index in [1.165, 1.54) is 38.8 Å². The first-order valence-corrected chi connectivity index (χ1v) is 50.2. The number of Topliss-reactive ketones (excluding diaryl/α,β-unsaturated/α-hetero) is 3. The fourth-order valence-corrected chi connectivity index (χ4v) is 31.8. The third-order valence-electron chi connectivity index (χ3n) is 41.2. The van der Waals surface area contributed by atoms with Crippen molar-refractivity contribution in [3.8, 4) is 0 Å². The maximum absolute atomic E-state index is 14.5. The van der Waals surface area contributed by atoms with Crippen molar-refractivity contribution in [3.63, 3.8) is 0 Å². The van der Waals surface area contributed by atoms with Gasteiger partial charge in [-0.15, -0.1) is 10.2 Å². The molecule has 29 heteroatoms. The number of fused-ring (bicyclic) bond motifs is 21. The third kappa shape index (κ3) is 16.9. The number of nitrogens with two attached hydrogens (primary N) is 4. The molecule has 9 saturated carbocycles. The van der Waals surface area contributed by atoms with Crippen molar-refractivity contribution in [1.29, 1.82) is 0 Å². The number of primary amides is 3. The van der Waals surface area contributed by atoms with Crippen LogP contribution in [-0.4, -0.2) is 142 Å². The average molecular weight is 1900 g/mol. The van der Waals surface area contributed by atoms with E-state index in [0.717, 1.165) is 126 Å². The molecule has 12 N–H and O–H groups in total. The lowest BCUT2D eigenvalue weighted by Crippen LogP contribution is -2.65. The van der Waals surface area contributed by atoms with Crippen molar-refractivity contribution in [3.05, 3.63) is 116 Å². The summed E-state index contributed by atoms with van der Waals surface area (Å²) in [6.07, 6.45) is 34.1. The van der Waals surface area contributed by atoms with Crippen LogP contribution in [0.5, 0.6) is 0 Å². The monoisotopic (exact) mass is 1900 g/mol. The minimum Gasteiger partial charge on any atom is -0.481 e. The number of amides is 6. The zero-order valence-corrected chi connectivity index (χ0v) is 86.9. The molecule has 24 atom stereocenters. The number of nitrogens with zero attached hydrogens (tertiary/aromatic N) is 7. The molecule has 9 fully saturated rings. The predicted molar refractivity (Wildman–Crippen MR) is 522 cm³/mol. The van der Waals surface area contributed by atoms with E-state index in [1.807, 2.05) is 91.8 Å². The molecule has 1 aromatic heterocycles. The summed E-state index contributed by atoms with van der Waals surface area (Å²) in [6, 6.07) is 0. The fourth-order valence-electron chi connectivity index (χ4n) is 31.8. The highest BCUT2D eigenvalue weighted by molar-refractivity contribution is 6.34. The first-order valence-electron chi connectivity index (χ1n) is 50.2. The molecule has 0 aromatic carbocycles. The number of hydrazine groups is 2. The second-order valence-electron chi connectivity index (χ2n) is 50.5. The van der Waals surface area contributed by atoms with Crippen LogP contribution < -0.4 is 39.3 Å². The number of hydrogen-bond donors (Lipinski definition) is 8. The number of nitrogens with one attached hydrogen (secondary N) is 3. The number of ketones is 6. The van der Waals surface area contributed by atoms with Gasteiger partial charge in [-0.2, -0.15) is 0 Å². The molecule has 15 aliphatic carbocycles. The van der Waals surface area contributed by atoms with E-state index in [1.54, 1.807) is 5.43 Å². The Bertz CT molecular complexity index is 5580. The zero-order valence-electron chi connectivity index (χ0n) is 86.9. The van der Waals surface area contributed by atoms with Crippen LogP contribution in [0.2, 0.25) is 0 Å². The second-order valence-corrected chi connectivity index (χ2v) is 50.5. The smallest absolute Gasteiger partial charge is 0.327 e. The van der Waals surface area contributed by atoms with Crippen molar-refractivity contribution >= 4 is 76.1 Å². The molecular weight excluding hydrogens is 1750 g/mol. The Morgan fingerprint density at radius 1 is 0.428 bits per heavy atom. The van der Waals surface area contributed by atoms with Gasteiger partial charge in [-0.25, -0.2) is 20.4 Å². The van der Waals surface area contributed by atoms with Crippen LogP contribution >= 0.6 is 0 Å². The Morgan fingerprint density at radius 2 is 0.746 bits per heavy atom. The summed E-state index contributed by atoms with van der Waals surface area (Å²) in [5.41, 5.74) is 17.0. The summed E-state index contributed by atoms with van der Waals surface area (Å²) < 4.78 is 5.76.